The average molecular weight is 315 g/mol. The highest BCUT2D eigenvalue weighted by atomic mass is 32.2. The number of hydrogen-bond donors (Lipinski definition) is 0. The minimum Gasteiger partial charge on any atom is -0.469 e. The van der Waals surface area contributed by atoms with E-state index in [4.69, 9.17) is 0 Å². The number of aryl methyl sites for hydroxylation is 1. The van der Waals surface area contributed by atoms with Gasteiger partial charge >= 0.3 is 5.97 Å². The number of nitro benzene ring substituents is 1. The number of hydrogen-bond acceptors (Lipinski definition) is 6. The van der Waals surface area contributed by atoms with Crippen molar-refractivity contribution in [2.24, 2.45) is 5.92 Å². The standard InChI is InChI=1S/C13H17NO6S/c1-10(13(15)20-2)9-21(18,19)8-7-11-3-5-12(6-4-11)14(16)17/h3-6,10H,7-9H2,1-2H3. The van der Waals surface area contributed by atoms with Crippen LogP contribution in [-0.2, 0) is 25.8 Å². The predicted molar refractivity (Wildman–Crippen MR) is 76.6 cm³/mol. The fourth-order valence-electron chi connectivity index (χ4n) is 1.79. The number of carbonyl (C=O) groups is 1. The minimum atomic E-state index is -3.40. The highest BCUT2D eigenvalue weighted by Crippen LogP contribution is 2.13. The van der Waals surface area contributed by atoms with Crippen LogP contribution in [0.25, 0.3) is 0 Å². The Bertz CT molecular complexity index is 608. The Morgan fingerprint density at radius 3 is 2.38 bits per heavy atom. The number of sulfone groups is 1. The molecular formula is C13H17NO6S. The fourth-order valence-corrected chi connectivity index (χ4v) is 3.40. The van der Waals surface area contributed by atoms with E-state index >= 15 is 0 Å². The van der Waals surface area contributed by atoms with Gasteiger partial charge in [-0.2, -0.15) is 0 Å². The molecule has 8 heteroatoms. The number of nitro groups is 1. The summed E-state index contributed by atoms with van der Waals surface area (Å²) < 4.78 is 28.3. The lowest BCUT2D eigenvalue weighted by Crippen LogP contribution is -2.24. The summed E-state index contributed by atoms with van der Waals surface area (Å²) in [5, 5.41) is 10.5. The maximum Gasteiger partial charge on any atom is 0.309 e. The maximum absolute atomic E-state index is 11.9. The Morgan fingerprint density at radius 1 is 1.33 bits per heavy atom. The molecule has 0 bridgehead atoms. The van der Waals surface area contributed by atoms with Crippen LogP contribution in [0.4, 0.5) is 5.69 Å². The van der Waals surface area contributed by atoms with Gasteiger partial charge in [-0.3, -0.25) is 14.9 Å². The molecule has 0 fully saturated rings. The number of ether oxygens (including phenoxy) is 1. The summed E-state index contributed by atoms with van der Waals surface area (Å²) >= 11 is 0. The van der Waals surface area contributed by atoms with Crippen LogP contribution in [0, 0.1) is 16.0 Å². The van der Waals surface area contributed by atoms with Gasteiger partial charge in [0.2, 0.25) is 0 Å². The van der Waals surface area contributed by atoms with E-state index < -0.39 is 26.6 Å². The average Bonchev–Trinajstić information content (AvgIpc) is 2.44. The van der Waals surface area contributed by atoms with Gasteiger partial charge in [-0.25, -0.2) is 8.42 Å². The number of esters is 1. The molecular weight excluding hydrogens is 298 g/mol. The van der Waals surface area contributed by atoms with Gasteiger partial charge in [0.1, 0.15) is 0 Å². The zero-order chi connectivity index (χ0) is 16.0. The molecule has 0 aliphatic carbocycles. The van der Waals surface area contributed by atoms with Crippen LogP contribution < -0.4 is 0 Å². The van der Waals surface area contributed by atoms with Crippen molar-refractivity contribution in [3.8, 4) is 0 Å². The van der Waals surface area contributed by atoms with Crippen molar-refractivity contribution in [3.63, 3.8) is 0 Å². The van der Waals surface area contributed by atoms with Gasteiger partial charge in [-0.1, -0.05) is 19.1 Å². The summed E-state index contributed by atoms with van der Waals surface area (Å²) in [6, 6.07) is 5.72. The zero-order valence-electron chi connectivity index (χ0n) is 11.8. The maximum atomic E-state index is 11.9. The molecule has 116 valence electrons. The first-order valence-corrected chi connectivity index (χ1v) is 8.09. The van der Waals surface area contributed by atoms with Gasteiger partial charge in [0.25, 0.3) is 5.69 Å². The monoisotopic (exact) mass is 315 g/mol. The van der Waals surface area contributed by atoms with Crippen LogP contribution in [0.3, 0.4) is 0 Å². The number of methoxy groups -OCH3 is 1. The van der Waals surface area contributed by atoms with E-state index in [2.05, 4.69) is 4.74 Å². The third kappa shape index (κ3) is 5.50. The molecule has 0 aliphatic heterocycles. The lowest BCUT2D eigenvalue weighted by Gasteiger charge is -2.09. The SMILES string of the molecule is COC(=O)C(C)CS(=O)(=O)CCc1ccc([N+](=O)[O-])cc1. The van der Waals surface area contributed by atoms with E-state index in [1.54, 1.807) is 0 Å². The van der Waals surface area contributed by atoms with E-state index in [-0.39, 0.29) is 23.6 Å². The molecule has 0 radical (unpaired) electrons. The molecule has 1 aromatic carbocycles. The van der Waals surface area contributed by atoms with Crippen LogP contribution in [0.1, 0.15) is 12.5 Å². The second-order valence-corrected chi connectivity index (χ2v) is 6.94. The Kier molecular flexibility index (Phi) is 5.83. The molecule has 7 nitrogen and oxygen atoms in total. The van der Waals surface area contributed by atoms with Gasteiger partial charge in [0.05, 0.1) is 29.5 Å². The summed E-state index contributed by atoms with van der Waals surface area (Å²) in [4.78, 5) is 21.2. The van der Waals surface area contributed by atoms with Crippen molar-refractivity contribution in [2.75, 3.05) is 18.6 Å². The van der Waals surface area contributed by atoms with Gasteiger partial charge in [0, 0.05) is 12.1 Å². The van der Waals surface area contributed by atoms with Crippen LogP contribution in [0.5, 0.6) is 0 Å². The van der Waals surface area contributed by atoms with Crippen molar-refractivity contribution in [1.29, 1.82) is 0 Å². The van der Waals surface area contributed by atoms with E-state index in [9.17, 15) is 23.3 Å². The number of carbonyl (C=O) groups excluding carboxylic acids is 1. The Hall–Kier alpha value is -1.96. The van der Waals surface area contributed by atoms with Crippen LogP contribution >= 0.6 is 0 Å². The first-order chi connectivity index (χ1) is 9.75. The topological polar surface area (TPSA) is 104 Å². The number of rotatable bonds is 7. The molecule has 0 aromatic heterocycles. The van der Waals surface area contributed by atoms with E-state index in [0.717, 1.165) is 0 Å². The van der Waals surface area contributed by atoms with Gasteiger partial charge < -0.3 is 4.74 Å². The molecule has 1 aromatic rings. The van der Waals surface area contributed by atoms with Crippen molar-refractivity contribution in [3.05, 3.63) is 39.9 Å². The highest BCUT2D eigenvalue weighted by molar-refractivity contribution is 7.91. The van der Waals surface area contributed by atoms with E-state index in [0.29, 0.717) is 5.56 Å². The fraction of sp³-hybridized carbons (Fsp3) is 0.462. The van der Waals surface area contributed by atoms with Crippen molar-refractivity contribution in [1.82, 2.24) is 0 Å². The molecule has 21 heavy (non-hydrogen) atoms. The lowest BCUT2D eigenvalue weighted by molar-refractivity contribution is -0.384. The second-order valence-electron chi connectivity index (χ2n) is 4.71. The molecule has 1 unspecified atom stereocenters. The number of benzene rings is 1. The zero-order valence-corrected chi connectivity index (χ0v) is 12.6. The molecule has 0 heterocycles. The molecule has 0 spiro atoms. The smallest absolute Gasteiger partial charge is 0.309 e. The summed E-state index contributed by atoms with van der Waals surface area (Å²) in [6.45, 7) is 1.50. The number of nitrogens with zero attached hydrogens (tertiary/aromatic N) is 1. The summed E-state index contributed by atoms with van der Waals surface area (Å²) in [7, 11) is -2.18. The highest BCUT2D eigenvalue weighted by Gasteiger charge is 2.22. The van der Waals surface area contributed by atoms with Crippen LogP contribution in [-0.4, -0.2) is 37.9 Å². The third-order valence-electron chi connectivity index (χ3n) is 2.96. The molecule has 1 rings (SSSR count). The summed E-state index contributed by atoms with van der Waals surface area (Å²) in [5.41, 5.74) is 0.649. The van der Waals surface area contributed by atoms with E-state index in [1.807, 2.05) is 0 Å². The van der Waals surface area contributed by atoms with Gasteiger partial charge in [0.15, 0.2) is 9.84 Å². The van der Waals surface area contributed by atoms with Gasteiger partial charge in [-0.05, 0) is 12.0 Å². The summed E-state index contributed by atoms with van der Waals surface area (Å²) in [5.74, 6) is -1.66. The lowest BCUT2D eigenvalue weighted by atomic mass is 10.1. The predicted octanol–water partition coefficient (Wildman–Crippen LogP) is 1.36. The first kappa shape index (κ1) is 17.1. The molecule has 0 saturated heterocycles. The van der Waals surface area contributed by atoms with Crippen LogP contribution in [0.2, 0.25) is 0 Å². The molecule has 1 atom stereocenters. The van der Waals surface area contributed by atoms with Gasteiger partial charge in [-0.15, -0.1) is 0 Å². The molecule has 0 amide bonds. The quantitative estimate of drug-likeness (QED) is 0.427. The molecule has 0 aliphatic rings. The van der Waals surface area contributed by atoms with Crippen LogP contribution in [0.15, 0.2) is 24.3 Å². The Labute approximate surface area is 123 Å². The normalized spacial score (nSPS) is 12.7. The first-order valence-electron chi connectivity index (χ1n) is 6.27. The van der Waals surface area contributed by atoms with Crippen molar-refractivity contribution in [2.45, 2.75) is 13.3 Å². The minimum absolute atomic E-state index is 0.0408. The summed E-state index contributed by atoms with van der Waals surface area (Å²) in [6.07, 6.45) is 0.244. The van der Waals surface area contributed by atoms with Crippen molar-refractivity contribution >= 4 is 21.5 Å². The number of non-ortho nitro benzene ring substituents is 1. The third-order valence-corrected chi connectivity index (χ3v) is 4.79. The molecule has 0 N–H and O–H groups in total. The Balaban J connectivity index is 2.61. The Morgan fingerprint density at radius 2 is 1.90 bits per heavy atom. The van der Waals surface area contributed by atoms with Crippen molar-refractivity contribution < 1.29 is 22.9 Å². The second kappa shape index (κ2) is 7.16. The largest absolute Gasteiger partial charge is 0.469 e. The molecule has 0 saturated carbocycles. The van der Waals surface area contributed by atoms with E-state index in [1.165, 1.54) is 38.3 Å².